The van der Waals surface area contributed by atoms with E-state index < -0.39 is 0 Å². The number of nitrogens with zero attached hydrogens (tertiary/aromatic N) is 6. The third kappa shape index (κ3) is 3.98. The van der Waals surface area contributed by atoms with Gasteiger partial charge in [0.25, 0.3) is 0 Å². The summed E-state index contributed by atoms with van der Waals surface area (Å²) in [5, 5.41) is 10.2. The first-order valence-electron chi connectivity index (χ1n) is 11.1. The van der Waals surface area contributed by atoms with Gasteiger partial charge in [0.15, 0.2) is 0 Å². The maximum absolute atomic E-state index is 10.2. The van der Waals surface area contributed by atoms with Crippen molar-refractivity contribution in [1.82, 2.24) is 19.8 Å². The van der Waals surface area contributed by atoms with Crippen molar-refractivity contribution in [3.05, 3.63) is 12.4 Å². The Morgan fingerprint density at radius 3 is 2.14 bits per heavy atom. The molecule has 7 nitrogen and oxygen atoms in total. The highest BCUT2D eigenvalue weighted by Crippen LogP contribution is 2.34. The van der Waals surface area contributed by atoms with Crippen molar-refractivity contribution in [3.63, 3.8) is 0 Å². The van der Waals surface area contributed by atoms with Gasteiger partial charge in [0.1, 0.15) is 6.23 Å². The van der Waals surface area contributed by atoms with E-state index in [9.17, 15) is 5.11 Å². The van der Waals surface area contributed by atoms with Crippen LogP contribution >= 0.6 is 0 Å². The van der Waals surface area contributed by atoms with Gasteiger partial charge in [0.2, 0.25) is 5.95 Å². The number of hydrogen-bond acceptors (Lipinski definition) is 7. The quantitative estimate of drug-likeness (QED) is 0.797. The molecular weight excluding hydrogens is 352 g/mol. The molecule has 0 aromatic carbocycles. The molecule has 3 unspecified atom stereocenters. The molecular formula is C21H36N6O. The zero-order valence-corrected chi connectivity index (χ0v) is 17.7. The summed E-state index contributed by atoms with van der Waals surface area (Å²) in [6, 6.07) is 1.72. The smallest absolute Gasteiger partial charge is 0.225 e. The third-order valence-electron chi connectivity index (χ3n) is 6.74. The fraction of sp³-hybridized carbons (Fsp3) is 0.810. The summed E-state index contributed by atoms with van der Waals surface area (Å²) in [6.07, 6.45) is 8.06. The second kappa shape index (κ2) is 8.51. The first kappa shape index (κ1) is 19.9. The molecule has 156 valence electrons. The average Bonchev–Trinajstić information content (AvgIpc) is 2.97. The lowest BCUT2D eigenvalue weighted by atomic mass is 10.1. The van der Waals surface area contributed by atoms with Crippen LogP contribution in [0.1, 0.15) is 46.5 Å². The highest BCUT2D eigenvalue weighted by molar-refractivity contribution is 5.47. The van der Waals surface area contributed by atoms with Crippen molar-refractivity contribution < 1.29 is 5.11 Å². The fourth-order valence-electron chi connectivity index (χ4n) is 5.01. The van der Waals surface area contributed by atoms with Crippen molar-refractivity contribution >= 4 is 11.6 Å². The van der Waals surface area contributed by atoms with Gasteiger partial charge in [0, 0.05) is 57.4 Å². The maximum atomic E-state index is 10.2. The van der Waals surface area contributed by atoms with E-state index in [1.807, 2.05) is 12.4 Å². The second-order valence-corrected chi connectivity index (χ2v) is 8.87. The number of aromatic nitrogens is 2. The monoisotopic (exact) mass is 388 g/mol. The van der Waals surface area contributed by atoms with Crippen LogP contribution in [0, 0.1) is 0 Å². The number of hydrogen-bond donors (Lipinski definition) is 1. The molecule has 7 heteroatoms. The van der Waals surface area contributed by atoms with Crippen molar-refractivity contribution in [2.45, 2.75) is 70.8 Å². The van der Waals surface area contributed by atoms with E-state index in [4.69, 9.17) is 9.97 Å². The van der Waals surface area contributed by atoms with Crippen LogP contribution < -0.4 is 9.80 Å². The van der Waals surface area contributed by atoms with Crippen LogP contribution in [0.3, 0.4) is 0 Å². The van der Waals surface area contributed by atoms with Gasteiger partial charge in [-0.25, -0.2) is 9.97 Å². The molecule has 4 heterocycles. The number of rotatable bonds is 6. The summed E-state index contributed by atoms with van der Waals surface area (Å²) in [4.78, 5) is 19.1. The molecule has 3 saturated heterocycles. The molecule has 3 aliphatic rings. The van der Waals surface area contributed by atoms with Gasteiger partial charge in [-0.3, -0.25) is 9.80 Å². The van der Waals surface area contributed by atoms with Crippen LogP contribution in [0.5, 0.6) is 0 Å². The lowest BCUT2D eigenvalue weighted by molar-refractivity contribution is -0.00587. The minimum absolute atomic E-state index is 0.300. The third-order valence-corrected chi connectivity index (χ3v) is 6.74. The maximum Gasteiger partial charge on any atom is 0.225 e. The second-order valence-electron chi connectivity index (χ2n) is 8.87. The normalized spacial score (nSPS) is 27.6. The lowest BCUT2D eigenvalue weighted by Gasteiger charge is -2.43. The summed E-state index contributed by atoms with van der Waals surface area (Å²) < 4.78 is 0. The highest BCUT2D eigenvalue weighted by Gasteiger charge is 2.41. The molecule has 28 heavy (non-hydrogen) atoms. The lowest BCUT2D eigenvalue weighted by Crippen LogP contribution is -2.56. The summed E-state index contributed by atoms with van der Waals surface area (Å²) in [7, 11) is 0. The number of aliphatic hydroxyl groups is 1. The Morgan fingerprint density at radius 1 is 1.00 bits per heavy atom. The predicted octanol–water partition coefficient (Wildman–Crippen LogP) is 1.78. The summed E-state index contributed by atoms with van der Waals surface area (Å²) in [6.45, 7) is 12.6. The Labute approximate surface area is 169 Å². The molecule has 1 N–H and O–H groups in total. The molecule has 0 amide bonds. The minimum Gasteiger partial charge on any atom is -0.378 e. The zero-order chi connectivity index (χ0) is 19.7. The number of anilines is 2. The predicted molar refractivity (Wildman–Crippen MR) is 113 cm³/mol. The van der Waals surface area contributed by atoms with Gasteiger partial charge < -0.3 is 14.9 Å². The summed E-state index contributed by atoms with van der Waals surface area (Å²) in [5.41, 5.74) is 1.10. The Hall–Kier alpha value is -1.44. The summed E-state index contributed by atoms with van der Waals surface area (Å²) in [5.74, 6) is 0.900. The van der Waals surface area contributed by atoms with Gasteiger partial charge >= 0.3 is 0 Å². The molecule has 4 rings (SSSR count). The van der Waals surface area contributed by atoms with Gasteiger partial charge in [-0.2, -0.15) is 0 Å². The molecule has 0 saturated carbocycles. The minimum atomic E-state index is -0.300. The van der Waals surface area contributed by atoms with Crippen LogP contribution in [0.25, 0.3) is 0 Å². The SMILES string of the molecule is CCCC(O)N1CCN(c2cnc(N3C4CCC3CN(C(C)C)C4)nc2)CC1. The van der Waals surface area contributed by atoms with Crippen LogP contribution in [-0.4, -0.2) is 88.5 Å². The Kier molecular flexibility index (Phi) is 6.04. The Bertz CT molecular complexity index is 616. The van der Waals surface area contributed by atoms with Crippen molar-refractivity contribution in [3.8, 4) is 0 Å². The van der Waals surface area contributed by atoms with Gasteiger partial charge in [-0.15, -0.1) is 0 Å². The van der Waals surface area contributed by atoms with E-state index in [1.54, 1.807) is 0 Å². The van der Waals surface area contributed by atoms with Crippen molar-refractivity contribution in [2.24, 2.45) is 0 Å². The number of aliphatic hydroxyl groups excluding tert-OH is 1. The van der Waals surface area contributed by atoms with E-state index in [-0.39, 0.29) is 6.23 Å². The van der Waals surface area contributed by atoms with Crippen molar-refractivity contribution in [1.29, 1.82) is 0 Å². The number of likely N-dealkylation sites (tertiary alicyclic amines) is 1. The van der Waals surface area contributed by atoms with E-state index in [2.05, 4.69) is 40.4 Å². The van der Waals surface area contributed by atoms with Crippen LogP contribution in [-0.2, 0) is 0 Å². The molecule has 0 aliphatic carbocycles. The largest absolute Gasteiger partial charge is 0.378 e. The Balaban J connectivity index is 1.36. The summed E-state index contributed by atoms with van der Waals surface area (Å²) >= 11 is 0. The van der Waals surface area contributed by atoms with E-state index in [1.165, 1.54) is 12.8 Å². The fourth-order valence-corrected chi connectivity index (χ4v) is 5.01. The van der Waals surface area contributed by atoms with E-state index in [0.717, 1.165) is 63.7 Å². The molecule has 3 aliphatic heterocycles. The molecule has 0 radical (unpaired) electrons. The molecule has 1 aromatic rings. The van der Waals surface area contributed by atoms with Gasteiger partial charge in [-0.05, 0) is 33.1 Å². The highest BCUT2D eigenvalue weighted by atomic mass is 16.3. The first-order chi connectivity index (χ1) is 13.6. The van der Waals surface area contributed by atoms with Gasteiger partial charge in [-0.1, -0.05) is 13.3 Å². The first-order valence-corrected chi connectivity index (χ1v) is 11.1. The molecule has 0 spiro atoms. The Morgan fingerprint density at radius 2 is 1.61 bits per heavy atom. The van der Waals surface area contributed by atoms with Crippen LogP contribution in [0.2, 0.25) is 0 Å². The van der Waals surface area contributed by atoms with Crippen LogP contribution in [0.4, 0.5) is 11.6 Å². The molecule has 1 aromatic heterocycles. The standard InChI is InChI=1S/C21H36N6O/c1-4-5-20(28)25-10-8-24(9-11-25)19-12-22-21(23-13-19)27-17-6-7-18(27)15-26(14-17)16(2)3/h12-13,16-18,20,28H,4-11,14-15H2,1-3H3. The molecule has 3 fully saturated rings. The zero-order valence-electron chi connectivity index (χ0n) is 17.7. The number of piperazine rings is 2. The van der Waals surface area contributed by atoms with E-state index in [0.29, 0.717) is 18.1 Å². The van der Waals surface area contributed by atoms with E-state index >= 15 is 0 Å². The average molecular weight is 389 g/mol. The molecule has 3 atom stereocenters. The van der Waals surface area contributed by atoms with Crippen LogP contribution in [0.15, 0.2) is 12.4 Å². The number of fused-ring (bicyclic) bond motifs is 2. The topological polar surface area (TPSA) is 59.0 Å². The van der Waals surface area contributed by atoms with Crippen molar-refractivity contribution in [2.75, 3.05) is 49.1 Å². The van der Waals surface area contributed by atoms with Gasteiger partial charge in [0.05, 0.1) is 18.1 Å². The molecule has 2 bridgehead atoms.